The Kier molecular flexibility index (Phi) is 3.86. The molecule has 0 unspecified atom stereocenters. The number of sulfonamides is 1. The molecule has 25 heavy (non-hydrogen) atoms. The van der Waals surface area contributed by atoms with Crippen molar-refractivity contribution in [3.63, 3.8) is 0 Å². The first-order valence-corrected chi connectivity index (χ1v) is 9.38. The van der Waals surface area contributed by atoms with E-state index in [1.165, 1.54) is 0 Å². The lowest BCUT2D eigenvalue weighted by Crippen LogP contribution is -2.23. The van der Waals surface area contributed by atoms with Crippen LogP contribution in [0.5, 0.6) is 11.5 Å². The summed E-state index contributed by atoms with van der Waals surface area (Å²) >= 11 is 0. The standard InChI is InChI=1S/C19H17NO4S/c1-13-2-4-16-10-17(6-5-15(16)8-13)25(21,22)20-11-14-3-7-18-19(9-14)24-12-23-18/h2-10,20H,11-12H2,1H3. The lowest BCUT2D eigenvalue weighted by Gasteiger charge is -2.09. The van der Waals surface area contributed by atoms with E-state index in [0.717, 1.165) is 21.9 Å². The van der Waals surface area contributed by atoms with Crippen LogP contribution in [0, 0.1) is 6.92 Å². The molecule has 3 aromatic carbocycles. The quantitative estimate of drug-likeness (QED) is 0.779. The first kappa shape index (κ1) is 15.9. The van der Waals surface area contributed by atoms with Gasteiger partial charge in [-0.15, -0.1) is 0 Å². The molecule has 0 saturated carbocycles. The van der Waals surface area contributed by atoms with E-state index >= 15 is 0 Å². The first-order valence-electron chi connectivity index (χ1n) is 7.90. The van der Waals surface area contributed by atoms with Crippen LogP contribution in [0.1, 0.15) is 11.1 Å². The zero-order valence-electron chi connectivity index (χ0n) is 13.7. The Hall–Kier alpha value is -2.57. The van der Waals surface area contributed by atoms with Gasteiger partial charge < -0.3 is 9.47 Å². The zero-order valence-corrected chi connectivity index (χ0v) is 14.5. The fraction of sp³-hybridized carbons (Fsp3) is 0.158. The van der Waals surface area contributed by atoms with Crippen LogP contribution in [-0.4, -0.2) is 15.2 Å². The number of ether oxygens (including phenoxy) is 2. The molecule has 128 valence electrons. The maximum atomic E-state index is 12.6. The van der Waals surface area contributed by atoms with Crippen molar-refractivity contribution >= 4 is 20.8 Å². The van der Waals surface area contributed by atoms with Crippen LogP contribution < -0.4 is 14.2 Å². The summed E-state index contributed by atoms with van der Waals surface area (Å²) in [7, 11) is -3.60. The average molecular weight is 355 g/mol. The molecule has 5 nitrogen and oxygen atoms in total. The molecule has 4 rings (SSSR count). The summed E-state index contributed by atoms with van der Waals surface area (Å²) in [5.74, 6) is 1.31. The molecule has 6 heteroatoms. The van der Waals surface area contributed by atoms with Crippen LogP contribution in [0.4, 0.5) is 0 Å². The minimum Gasteiger partial charge on any atom is -0.454 e. The van der Waals surface area contributed by atoms with Crippen molar-refractivity contribution in [1.29, 1.82) is 0 Å². The predicted molar refractivity (Wildman–Crippen MR) is 95.3 cm³/mol. The van der Waals surface area contributed by atoms with Crippen molar-refractivity contribution in [2.45, 2.75) is 18.4 Å². The van der Waals surface area contributed by atoms with Crippen molar-refractivity contribution in [1.82, 2.24) is 4.72 Å². The highest BCUT2D eigenvalue weighted by atomic mass is 32.2. The van der Waals surface area contributed by atoms with Gasteiger partial charge >= 0.3 is 0 Å². The van der Waals surface area contributed by atoms with Gasteiger partial charge in [-0.2, -0.15) is 0 Å². The lowest BCUT2D eigenvalue weighted by atomic mass is 10.1. The van der Waals surface area contributed by atoms with Crippen molar-refractivity contribution < 1.29 is 17.9 Å². The number of hydrogen-bond donors (Lipinski definition) is 1. The molecule has 0 bridgehead atoms. The Labute approximate surface area is 146 Å². The number of rotatable bonds is 4. The van der Waals surface area contributed by atoms with Crippen LogP contribution in [0.25, 0.3) is 10.8 Å². The van der Waals surface area contributed by atoms with Gasteiger partial charge in [0.15, 0.2) is 11.5 Å². The van der Waals surface area contributed by atoms with Gasteiger partial charge in [0, 0.05) is 6.54 Å². The highest BCUT2D eigenvalue weighted by Gasteiger charge is 2.17. The van der Waals surface area contributed by atoms with Gasteiger partial charge in [0.2, 0.25) is 16.8 Å². The molecular formula is C19H17NO4S. The van der Waals surface area contributed by atoms with Gasteiger partial charge in [-0.1, -0.05) is 35.9 Å². The zero-order chi connectivity index (χ0) is 17.4. The molecule has 0 aliphatic carbocycles. The molecule has 0 amide bonds. The van der Waals surface area contributed by atoms with E-state index < -0.39 is 10.0 Å². The Morgan fingerprint density at radius 2 is 1.68 bits per heavy atom. The van der Waals surface area contributed by atoms with Crippen molar-refractivity contribution in [3.05, 3.63) is 65.7 Å². The fourth-order valence-corrected chi connectivity index (χ4v) is 3.88. The third-order valence-corrected chi connectivity index (χ3v) is 5.58. The molecular weight excluding hydrogens is 338 g/mol. The summed E-state index contributed by atoms with van der Waals surface area (Å²) in [6.07, 6.45) is 0. The molecule has 1 aliphatic heterocycles. The molecule has 1 heterocycles. The molecule has 1 aliphatic rings. The summed E-state index contributed by atoms with van der Waals surface area (Å²) in [5.41, 5.74) is 1.95. The van der Waals surface area contributed by atoms with Gasteiger partial charge in [0.25, 0.3) is 0 Å². The van der Waals surface area contributed by atoms with E-state index in [1.54, 1.807) is 24.3 Å². The molecule has 0 atom stereocenters. The van der Waals surface area contributed by atoms with Crippen LogP contribution in [0.2, 0.25) is 0 Å². The van der Waals surface area contributed by atoms with Crippen molar-refractivity contribution in [3.8, 4) is 11.5 Å². The number of aryl methyl sites for hydroxylation is 1. The summed E-state index contributed by atoms with van der Waals surface area (Å²) in [6.45, 7) is 2.39. The smallest absolute Gasteiger partial charge is 0.240 e. The van der Waals surface area contributed by atoms with Crippen LogP contribution in [0.15, 0.2) is 59.5 Å². The maximum Gasteiger partial charge on any atom is 0.240 e. The van der Waals surface area contributed by atoms with E-state index in [-0.39, 0.29) is 18.2 Å². The number of nitrogens with one attached hydrogen (secondary N) is 1. The second-order valence-electron chi connectivity index (χ2n) is 6.02. The van der Waals surface area contributed by atoms with Gasteiger partial charge in [-0.3, -0.25) is 0 Å². The van der Waals surface area contributed by atoms with Gasteiger partial charge in [-0.05, 0) is 47.5 Å². The molecule has 0 spiro atoms. The van der Waals surface area contributed by atoms with E-state index in [1.807, 2.05) is 37.3 Å². The van der Waals surface area contributed by atoms with Gasteiger partial charge in [0.05, 0.1) is 4.90 Å². The highest BCUT2D eigenvalue weighted by molar-refractivity contribution is 7.89. The summed E-state index contributed by atoms with van der Waals surface area (Å²) < 4.78 is 38.4. The number of benzene rings is 3. The summed E-state index contributed by atoms with van der Waals surface area (Å²) in [5, 5.41) is 1.92. The minimum absolute atomic E-state index is 0.185. The van der Waals surface area contributed by atoms with E-state index in [4.69, 9.17) is 9.47 Å². The predicted octanol–water partition coefficient (Wildman–Crippen LogP) is 3.36. The van der Waals surface area contributed by atoms with Gasteiger partial charge in [0.1, 0.15) is 0 Å². The average Bonchev–Trinajstić information content (AvgIpc) is 3.07. The first-order chi connectivity index (χ1) is 12.0. The van der Waals surface area contributed by atoms with E-state index in [9.17, 15) is 8.42 Å². The Morgan fingerprint density at radius 1 is 0.920 bits per heavy atom. The monoisotopic (exact) mass is 355 g/mol. The highest BCUT2D eigenvalue weighted by Crippen LogP contribution is 2.32. The second-order valence-corrected chi connectivity index (χ2v) is 7.79. The Morgan fingerprint density at radius 3 is 2.56 bits per heavy atom. The third-order valence-electron chi connectivity index (χ3n) is 4.18. The molecule has 0 saturated heterocycles. The number of fused-ring (bicyclic) bond motifs is 2. The van der Waals surface area contributed by atoms with Crippen LogP contribution in [0.3, 0.4) is 0 Å². The van der Waals surface area contributed by atoms with Crippen molar-refractivity contribution in [2.75, 3.05) is 6.79 Å². The molecule has 3 aromatic rings. The van der Waals surface area contributed by atoms with Crippen molar-refractivity contribution in [2.24, 2.45) is 0 Å². The SMILES string of the molecule is Cc1ccc2cc(S(=O)(=O)NCc3ccc4c(c3)OCO4)ccc2c1. The van der Waals surface area contributed by atoms with E-state index in [0.29, 0.717) is 11.5 Å². The van der Waals surface area contributed by atoms with Crippen LogP contribution >= 0.6 is 0 Å². The third kappa shape index (κ3) is 3.18. The normalized spacial score (nSPS) is 13.3. The largest absolute Gasteiger partial charge is 0.454 e. The molecule has 0 fully saturated rings. The lowest BCUT2D eigenvalue weighted by molar-refractivity contribution is 0.174. The maximum absolute atomic E-state index is 12.6. The van der Waals surface area contributed by atoms with Gasteiger partial charge in [-0.25, -0.2) is 13.1 Å². The second kappa shape index (κ2) is 6.06. The summed E-state index contributed by atoms with van der Waals surface area (Å²) in [4.78, 5) is 0.254. The topological polar surface area (TPSA) is 64.6 Å². The van der Waals surface area contributed by atoms with Crippen LogP contribution in [-0.2, 0) is 16.6 Å². The molecule has 0 radical (unpaired) electrons. The Balaban J connectivity index is 1.56. The summed E-state index contributed by atoms with van der Waals surface area (Å²) in [6, 6.07) is 16.5. The molecule has 0 aromatic heterocycles. The fourth-order valence-electron chi connectivity index (χ4n) is 2.82. The minimum atomic E-state index is -3.60. The number of hydrogen-bond acceptors (Lipinski definition) is 4. The van der Waals surface area contributed by atoms with E-state index in [2.05, 4.69) is 4.72 Å². The Bertz CT molecular complexity index is 1060. The molecule has 1 N–H and O–H groups in total.